The zero-order chi connectivity index (χ0) is 13.8. The number of rotatable bonds is 2. The molecule has 2 atom stereocenters. The van der Waals surface area contributed by atoms with Crippen LogP contribution in [0.1, 0.15) is 19.3 Å². The molecule has 0 bridgehead atoms. The van der Waals surface area contributed by atoms with Gasteiger partial charge in [0, 0.05) is 13.1 Å². The summed E-state index contributed by atoms with van der Waals surface area (Å²) in [6, 6.07) is -0.0853. The second-order valence-corrected chi connectivity index (χ2v) is 6.76. The molecule has 1 N–H and O–H groups in total. The Morgan fingerprint density at radius 1 is 1.56 bits per heavy atom. The van der Waals surface area contributed by atoms with Crippen LogP contribution < -0.4 is 0 Å². The summed E-state index contributed by atoms with van der Waals surface area (Å²) in [7, 11) is 1.61. The van der Waals surface area contributed by atoms with Crippen molar-refractivity contribution in [2.75, 3.05) is 13.7 Å². The van der Waals surface area contributed by atoms with Gasteiger partial charge in [0.1, 0.15) is 6.61 Å². The third-order valence-electron chi connectivity index (χ3n) is 2.73. The molecule has 1 aliphatic rings. The Hall–Kier alpha value is -0.160. The van der Waals surface area contributed by atoms with Gasteiger partial charge in [0.25, 0.3) is 0 Å². The van der Waals surface area contributed by atoms with E-state index in [1.54, 1.807) is 13.1 Å². The minimum absolute atomic E-state index is 0.0853. The summed E-state index contributed by atoms with van der Waals surface area (Å²) in [5.74, 6) is 0. The van der Waals surface area contributed by atoms with Gasteiger partial charge in [-0.25, -0.2) is 4.79 Å². The fourth-order valence-electron chi connectivity index (χ4n) is 1.76. The van der Waals surface area contributed by atoms with Crippen LogP contribution in [0.4, 0.5) is 4.79 Å². The first kappa shape index (κ1) is 15.9. The van der Waals surface area contributed by atoms with Crippen molar-refractivity contribution < 1.29 is 14.6 Å². The Kier molecular flexibility index (Phi) is 6.05. The van der Waals surface area contributed by atoms with Crippen molar-refractivity contribution >= 4 is 40.9 Å². The van der Waals surface area contributed by atoms with Crippen LogP contribution in [0.5, 0.6) is 0 Å². The number of carbonyl (C=O) groups is 1. The van der Waals surface area contributed by atoms with Crippen LogP contribution in [0, 0.1) is 0 Å². The highest BCUT2D eigenvalue weighted by atomic mass is 35.6. The molecule has 1 rings (SSSR count). The van der Waals surface area contributed by atoms with Gasteiger partial charge in [-0.05, 0) is 19.3 Å². The number of alkyl halides is 3. The lowest BCUT2D eigenvalue weighted by atomic mass is 10.1. The average Bonchev–Trinajstić information content (AvgIpc) is 2.48. The van der Waals surface area contributed by atoms with Gasteiger partial charge in [-0.1, -0.05) is 47.0 Å². The van der Waals surface area contributed by atoms with Crippen molar-refractivity contribution in [1.29, 1.82) is 0 Å². The molecule has 0 saturated heterocycles. The zero-order valence-corrected chi connectivity index (χ0v) is 12.3. The van der Waals surface area contributed by atoms with E-state index in [-0.39, 0.29) is 12.6 Å². The second-order valence-electron chi connectivity index (χ2n) is 4.24. The molecule has 1 amide bonds. The van der Waals surface area contributed by atoms with Crippen molar-refractivity contribution in [3.8, 4) is 0 Å². The fraction of sp³-hybridized carbons (Fsp3) is 0.727. The number of amides is 1. The maximum Gasteiger partial charge on any atom is 0.409 e. The highest BCUT2D eigenvalue weighted by molar-refractivity contribution is 6.67. The van der Waals surface area contributed by atoms with E-state index in [1.165, 1.54) is 4.90 Å². The van der Waals surface area contributed by atoms with Crippen LogP contribution >= 0.6 is 34.8 Å². The molecule has 0 saturated carbocycles. The van der Waals surface area contributed by atoms with E-state index >= 15 is 0 Å². The van der Waals surface area contributed by atoms with Crippen molar-refractivity contribution in [2.24, 2.45) is 0 Å². The molecular weight excluding hydrogens is 300 g/mol. The third-order valence-corrected chi connectivity index (χ3v) is 3.06. The highest BCUT2D eigenvalue weighted by Crippen LogP contribution is 2.26. The molecule has 0 unspecified atom stereocenters. The molecule has 104 valence electrons. The summed E-state index contributed by atoms with van der Waals surface area (Å²) < 4.78 is 3.28. The minimum atomic E-state index is -1.61. The molecule has 0 heterocycles. The number of hydrogen-bond donors (Lipinski definition) is 1. The van der Waals surface area contributed by atoms with Crippen molar-refractivity contribution in [1.82, 2.24) is 4.90 Å². The van der Waals surface area contributed by atoms with Crippen LogP contribution in [0.2, 0.25) is 0 Å². The van der Waals surface area contributed by atoms with E-state index in [2.05, 4.69) is 0 Å². The van der Waals surface area contributed by atoms with Crippen LogP contribution in [0.15, 0.2) is 12.2 Å². The van der Waals surface area contributed by atoms with Gasteiger partial charge in [-0.2, -0.15) is 0 Å². The number of aliphatic hydroxyl groups is 1. The normalized spacial score (nSPS) is 24.5. The lowest BCUT2D eigenvalue weighted by molar-refractivity contribution is 0.0854. The van der Waals surface area contributed by atoms with Gasteiger partial charge in [0.2, 0.25) is 3.79 Å². The van der Waals surface area contributed by atoms with E-state index in [0.29, 0.717) is 6.42 Å². The number of halogens is 3. The fourth-order valence-corrected chi connectivity index (χ4v) is 1.93. The molecule has 7 heteroatoms. The van der Waals surface area contributed by atoms with Gasteiger partial charge in [0.15, 0.2) is 0 Å². The maximum absolute atomic E-state index is 11.7. The lowest BCUT2D eigenvalue weighted by Crippen LogP contribution is -2.39. The van der Waals surface area contributed by atoms with E-state index < -0.39 is 16.0 Å². The van der Waals surface area contributed by atoms with Crippen LogP contribution in [-0.4, -0.2) is 45.7 Å². The average molecular weight is 317 g/mol. The number of ether oxygens (including phenoxy) is 1. The van der Waals surface area contributed by atoms with Gasteiger partial charge in [0.05, 0.1) is 6.10 Å². The predicted octanol–water partition coefficient (Wildman–Crippen LogP) is 2.89. The molecular formula is C11H16Cl3NO3. The quantitative estimate of drug-likeness (QED) is 0.629. The number of allylic oxidation sites excluding steroid dienone is 1. The molecule has 4 nitrogen and oxygen atoms in total. The molecule has 0 aromatic heterocycles. The summed E-state index contributed by atoms with van der Waals surface area (Å²) in [4.78, 5) is 13.2. The maximum atomic E-state index is 11.7. The van der Waals surface area contributed by atoms with Crippen molar-refractivity contribution in [3.05, 3.63) is 12.2 Å². The van der Waals surface area contributed by atoms with E-state index in [9.17, 15) is 9.90 Å². The first-order valence-electron chi connectivity index (χ1n) is 5.60. The lowest BCUT2D eigenvalue weighted by Gasteiger charge is -2.28. The minimum Gasteiger partial charge on any atom is -0.445 e. The summed E-state index contributed by atoms with van der Waals surface area (Å²) in [6.07, 6.45) is 4.61. The molecule has 0 spiro atoms. The summed E-state index contributed by atoms with van der Waals surface area (Å²) in [5, 5.41) is 9.62. The molecule has 0 aromatic rings. The van der Waals surface area contributed by atoms with Gasteiger partial charge < -0.3 is 14.7 Å². The zero-order valence-electron chi connectivity index (χ0n) is 9.98. The van der Waals surface area contributed by atoms with Gasteiger partial charge in [-0.15, -0.1) is 0 Å². The second kappa shape index (κ2) is 6.85. The molecule has 18 heavy (non-hydrogen) atoms. The Balaban J connectivity index is 2.47. The Labute approximate surface area is 121 Å². The smallest absolute Gasteiger partial charge is 0.409 e. The number of aliphatic hydroxyl groups excluding tert-OH is 1. The molecule has 1 aliphatic carbocycles. The summed E-state index contributed by atoms with van der Waals surface area (Å²) in [5.41, 5.74) is 0. The summed E-state index contributed by atoms with van der Waals surface area (Å²) >= 11 is 16.5. The van der Waals surface area contributed by atoms with Crippen molar-refractivity contribution in [3.63, 3.8) is 0 Å². The molecule has 0 radical (unpaired) electrons. The number of hydrogen-bond acceptors (Lipinski definition) is 3. The molecule has 0 aromatic carbocycles. The Morgan fingerprint density at radius 3 is 2.83 bits per heavy atom. The van der Waals surface area contributed by atoms with Crippen molar-refractivity contribution in [2.45, 2.75) is 35.2 Å². The summed E-state index contributed by atoms with van der Waals surface area (Å²) in [6.45, 7) is -0.297. The Morgan fingerprint density at radius 2 is 2.22 bits per heavy atom. The van der Waals surface area contributed by atoms with Crippen LogP contribution in [0.25, 0.3) is 0 Å². The molecule has 0 fully saturated rings. The Bertz CT molecular complexity index is 317. The largest absolute Gasteiger partial charge is 0.445 e. The van der Waals surface area contributed by atoms with Gasteiger partial charge >= 0.3 is 6.09 Å². The first-order chi connectivity index (χ1) is 8.29. The topological polar surface area (TPSA) is 49.8 Å². The SMILES string of the molecule is CN(C(=O)OCC(Cl)(Cl)Cl)[C@@H]1CCC=C[C@H](O)C1. The number of nitrogens with zero attached hydrogens (tertiary/aromatic N) is 1. The highest BCUT2D eigenvalue weighted by Gasteiger charge is 2.27. The first-order valence-corrected chi connectivity index (χ1v) is 6.74. The van der Waals surface area contributed by atoms with Crippen LogP contribution in [0.3, 0.4) is 0 Å². The number of carbonyl (C=O) groups excluding carboxylic acids is 1. The van der Waals surface area contributed by atoms with Crippen LogP contribution in [-0.2, 0) is 4.74 Å². The molecule has 0 aliphatic heterocycles. The van der Waals surface area contributed by atoms with E-state index in [4.69, 9.17) is 39.5 Å². The van der Waals surface area contributed by atoms with Gasteiger partial charge in [-0.3, -0.25) is 0 Å². The van der Waals surface area contributed by atoms with E-state index in [1.807, 2.05) is 6.08 Å². The predicted molar refractivity (Wildman–Crippen MR) is 72.2 cm³/mol. The standard InChI is InChI=1S/C11H16Cl3NO3/c1-15(10(17)18-7-11(12,13)14)8-4-2-3-5-9(16)6-8/h3,5,8-9,16H,2,4,6-7H2,1H3/t8-,9+/m1/s1. The van der Waals surface area contributed by atoms with E-state index in [0.717, 1.165) is 12.8 Å². The third kappa shape index (κ3) is 5.65. The monoisotopic (exact) mass is 315 g/mol.